The summed E-state index contributed by atoms with van der Waals surface area (Å²) in [5.74, 6) is 0.884. The second-order valence-electron chi connectivity index (χ2n) is 5.79. The van der Waals surface area contributed by atoms with Crippen molar-refractivity contribution in [3.8, 4) is 0 Å². The molecular weight excluding hydrogens is 280 g/mol. The zero-order valence-electron chi connectivity index (χ0n) is 18.6. The maximum absolute atomic E-state index is 9.17. The van der Waals surface area contributed by atoms with Crippen LogP contribution in [0.2, 0.25) is 0 Å². The summed E-state index contributed by atoms with van der Waals surface area (Å²) in [5, 5.41) is 0. The zero-order chi connectivity index (χ0) is 19.4. The maximum atomic E-state index is 9.17. The Labute approximate surface area is 151 Å². The maximum Gasteiger partial charge on any atom is 0.119 e. The highest BCUT2D eigenvalue weighted by Crippen LogP contribution is 2.00. The molecule has 0 aliphatic rings. The van der Waals surface area contributed by atoms with Crippen LogP contribution in [0.3, 0.4) is 0 Å². The molecule has 0 saturated heterocycles. The summed E-state index contributed by atoms with van der Waals surface area (Å²) < 4.78 is 0. The van der Waals surface area contributed by atoms with Crippen LogP contribution in [-0.4, -0.2) is 6.29 Å². The van der Waals surface area contributed by atoms with E-state index in [-0.39, 0.29) is 0 Å². The molecule has 0 aromatic heterocycles. The first-order valence-corrected chi connectivity index (χ1v) is 10.4. The predicted molar refractivity (Wildman–Crippen MR) is 112 cm³/mol. The van der Waals surface area contributed by atoms with Gasteiger partial charge in [-0.1, -0.05) is 127 Å². The Bertz CT molecular complexity index is 124. The number of carbonyl (C=O) groups is 1. The van der Waals surface area contributed by atoms with Gasteiger partial charge in [0.15, 0.2) is 0 Å². The van der Waals surface area contributed by atoms with Crippen molar-refractivity contribution in [2.24, 2.45) is 5.92 Å². The van der Waals surface area contributed by atoms with Crippen LogP contribution in [0, 0.1) is 5.92 Å². The lowest BCUT2D eigenvalue weighted by molar-refractivity contribution is -0.107. The van der Waals surface area contributed by atoms with E-state index in [1.807, 2.05) is 20.8 Å². The van der Waals surface area contributed by atoms with Gasteiger partial charge in [0.2, 0.25) is 0 Å². The van der Waals surface area contributed by atoms with Gasteiger partial charge < -0.3 is 4.79 Å². The van der Waals surface area contributed by atoms with Crippen LogP contribution in [0.25, 0.3) is 0 Å². The molecule has 0 aliphatic heterocycles. The van der Waals surface area contributed by atoms with E-state index < -0.39 is 0 Å². The topological polar surface area (TPSA) is 17.1 Å². The van der Waals surface area contributed by atoms with E-state index in [1.54, 1.807) is 0 Å². The van der Waals surface area contributed by atoms with Crippen molar-refractivity contribution in [3.05, 3.63) is 0 Å². The molecule has 0 saturated carbocycles. The average Bonchev–Trinajstić information content (AvgIpc) is 2.59. The lowest BCUT2D eigenvalue weighted by Gasteiger charge is -1.90. The standard InChI is InChI=1S/C7H16.2C5H12.C3H6O.C2H6/c1-3-5-7-6-4-2;1-4-5(2)3;1-3-5-4-2;1-2-3-4;1-2/h3-7H2,1-2H3;5H,4H2,1-3H3;3-5H2,1-2H3;3H,2H2,1H3;1-2H3. The Balaban J connectivity index is -0.0000000615. The summed E-state index contributed by atoms with van der Waals surface area (Å²) in [6.07, 6.45) is 13.9. The lowest BCUT2D eigenvalue weighted by Crippen LogP contribution is -1.77. The van der Waals surface area contributed by atoms with Crippen molar-refractivity contribution in [1.29, 1.82) is 0 Å². The highest BCUT2D eigenvalue weighted by Gasteiger charge is 1.80. The largest absolute Gasteiger partial charge is 0.303 e. The molecule has 0 aromatic rings. The molecule has 1 heteroatoms. The Morgan fingerprint density at radius 2 is 0.913 bits per heavy atom. The van der Waals surface area contributed by atoms with Gasteiger partial charge in [0.05, 0.1) is 0 Å². The highest BCUT2D eigenvalue weighted by atomic mass is 16.1. The van der Waals surface area contributed by atoms with E-state index in [0.717, 1.165) is 12.2 Å². The van der Waals surface area contributed by atoms with Crippen LogP contribution >= 0.6 is 0 Å². The third-order valence-corrected chi connectivity index (χ3v) is 2.90. The van der Waals surface area contributed by atoms with Gasteiger partial charge in [0.1, 0.15) is 6.29 Å². The van der Waals surface area contributed by atoms with Crippen molar-refractivity contribution in [1.82, 2.24) is 0 Å². The van der Waals surface area contributed by atoms with E-state index >= 15 is 0 Å². The molecule has 0 aromatic carbocycles. The van der Waals surface area contributed by atoms with Gasteiger partial charge in [-0.25, -0.2) is 0 Å². The summed E-state index contributed by atoms with van der Waals surface area (Å²) >= 11 is 0. The number of rotatable bonds is 8. The van der Waals surface area contributed by atoms with Crippen LogP contribution in [0.5, 0.6) is 0 Å². The van der Waals surface area contributed by atoms with Gasteiger partial charge >= 0.3 is 0 Å². The van der Waals surface area contributed by atoms with Gasteiger partial charge in [-0.15, -0.1) is 0 Å². The second kappa shape index (κ2) is 49.5. The molecule has 0 heterocycles. The number of hydrogen-bond donors (Lipinski definition) is 0. The Morgan fingerprint density at radius 1 is 0.652 bits per heavy atom. The minimum atomic E-state index is 0.639. The van der Waals surface area contributed by atoms with Crippen molar-refractivity contribution >= 4 is 6.29 Å². The Kier molecular flexibility index (Phi) is 73.4. The van der Waals surface area contributed by atoms with Gasteiger partial charge in [0, 0.05) is 6.42 Å². The van der Waals surface area contributed by atoms with Crippen LogP contribution < -0.4 is 0 Å². The average molecular weight is 333 g/mol. The molecule has 0 rings (SSSR count). The van der Waals surface area contributed by atoms with Crippen LogP contribution in [0.15, 0.2) is 0 Å². The van der Waals surface area contributed by atoms with Gasteiger partial charge in [-0.2, -0.15) is 0 Å². The normalized spacial score (nSPS) is 8.13. The number of carbonyl (C=O) groups excluding carboxylic acids is 1. The van der Waals surface area contributed by atoms with Crippen LogP contribution in [-0.2, 0) is 4.79 Å². The first-order valence-electron chi connectivity index (χ1n) is 10.4. The molecule has 0 fully saturated rings. The van der Waals surface area contributed by atoms with Crippen molar-refractivity contribution in [2.75, 3.05) is 0 Å². The van der Waals surface area contributed by atoms with Crippen molar-refractivity contribution < 1.29 is 4.79 Å². The molecule has 0 spiro atoms. The van der Waals surface area contributed by atoms with E-state index in [1.165, 1.54) is 57.8 Å². The minimum Gasteiger partial charge on any atom is -0.303 e. The smallest absolute Gasteiger partial charge is 0.119 e. The molecule has 0 bridgehead atoms. The van der Waals surface area contributed by atoms with E-state index in [4.69, 9.17) is 0 Å². The fraction of sp³-hybridized carbons (Fsp3) is 0.955. The molecule has 1 nitrogen and oxygen atoms in total. The first kappa shape index (κ1) is 34.1. The molecule has 0 unspecified atom stereocenters. The van der Waals surface area contributed by atoms with Crippen molar-refractivity contribution in [2.45, 2.75) is 133 Å². The van der Waals surface area contributed by atoms with E-state index in [9.17, 15) is 4.79 Å². The van der Waals surface area contributed by atoms with Gasteiger partial charge in [-0.05, 0) is 5.92 Å². The number of hydrogen-bond acceptors (Lipinski definition) is 1. The monoisotopic (exact) mass is 332 g/mol. The minimum absolute atomic E-state index is 0.639. The second-order valence-corrected chi connectivity index (χ2v) is 5.79. The highest BCUT2D eigenvalue weighted by molar-refractivity contribution is 5.48. The summed E-state index contributed by atoms with van der Waals surface area (Å²) in [5.41, 5.74) is 0. The molecule has 0 aliphatic carbocycles. The van der Waals surface area contributed by atoms with E-state index in [0.29, 0.717) is 6.42 Å². The molecule has 0 atom stereocenters. The van der Waals surface area contributed by atoms with Gasteiger partial charge in [0.25, 0.3) is 0 Å². The number of unbranched alkanes of at least 4 members (excludes halogenated alkanes) is 6. The predicted octanol–water partition coefficient (Wildman–Crippen LogP) is 8.85. The Hall–Kier alpha value is -0.330. The third-order valence-electron chi connectivity index (χ3n) is 2.90. The molecule has 146 valence electrons. The third kappa shape index (κ3) is 112. The molecule has 0 amide bonds. The van der Waals surface area contributed by atoms with Crippen LogP contribution in [0.4, 0.5) is 0 Å². The molecule has 0 N–H and O–H groups in total. The van der Waals surface area contributed by atoms with Gasteiger partial charge in [-0.3, -0.25) is 0 Å². The van der Waals surface area contributed by atoms with Crippen LogP contribution in [0.1, 0.15) is 133 Å². The first-order chi connectivity index (χ1) is 11.0. The summed E-state index contributed by atoms with van der Waals surface area (Å²) in [6.45, 7) is 21.4. The molecular formula is C22H52O. The fourth-order valence-corrected chi connectivity index (χ4v) is 1.03. The quantitative estimate of drug-likeness (QED) is 0.320. The SMILES string of the molecule is CC.CCC(C)C.CCC=O.CCCCC.CCCCCCC. The molecule has 23 heavy (non-hydrogen) atoms. The molecule has 0 radical (unpaired) electrons. The summed E-state index contributed by atoms with van der Waals surface area (Å²) in [4.78, 5) is 9.17. The Morgan fingerprint density at radius 3 is 1.00 bits per heavy atom. The number of aldehydes is 1. The summed E-state index contributed by atoms with van der Waals surface area (Å²) in [7, 11) is 0. The lowest BCUT2D eigenvalue weighted by atomic mass is 10.2. The van der Waals surface area contributed by atoms with E-state index in [2.05, 4.69) is 48.5 Å². The van der Waals surface area contributed by atoms with Crippen molar-refractivity contribution in [3.63, 3.8) is 0 Å². The fourth-order valence-electron chi connectivity index (χ4n) is 1.03. The zero-order valence-corrected chi connectivity index (χ0v) is 18.6. The summed E-state index contributed by atoms with van der Waals surface area (Å²) in [6, 6.07) is 0.